The van der Waals surface area contributed by atoms with Gasteiger partial charge in [-0.05, 0) is 25.0 Å². The molecule has 1 rings (SSSR count). The molecule has 1 heteroatoms. The number of hydrogen-bond donors (Lipinski definition) is 1. The van der Waals surface area contributed by atoms with Crippen molar-refractivity contribution in [3.8, 4) is 12.3 Å². The van der Waals surface area contributed by atoms with Crippen molar-refractivity contribution in [3.05, 3.63) is 29.6 Å². The number of nitrogens with one attached hydrogen (secondary N) is 1. The van der Waals surface area contributed by atoms with Gasteiger partial charge in [0.15, 0.2) is 0 Å². The lowest BCUT2D eigenvalue weighted by Crippen LogP contribution is -1.84. The van der Waals surface area contributed by atoms with Gasteiger partial charge in [-0.15, -0.1) is 6.42 Å². The maximum absolute atomic E-state index is 5.33. The molecule has 0 bridgehead atoms. The van der Waals surface area contributed by atoms with Crippen LogP contribution in [-0.2, 0) is 0 Å². The highest BCUT2D eigenvalue weighted by Gasteiger charge is 2.03. The minimum absolute atomic E-state index is 0.880. The number of H-pyrrole nitrogens is 1. The highest BCUT2D eigenvalue weighted by molar-refractivity contribution is 5.69. The lowest BCUT2D eigenvalue weighted by Gasteiger charge is -2.00. The monoisotopic (exact) mass is 159 g/mol. The van der Waals surface area contributed by atoms with Crippen LogP contribution in [0.25, 0.3) is 5.57 Å². The highest BCUT2D eigenvalue weighted by Crippen LogP contribution is 2.20. The van der Waals surface area contributed by atoms with E-state index < -0.39 is 0 Å². The number of aromatic amines is 1. The van der Waals surface area contributed by atoms with E-state index in [0.717, 1.165) is 17.7 Å². The summed E-state index contributed by atoms with van der Waals surface area (Å²) in [4.78, 5) is 3.03. The topological polar surface area (TPSA) is 15.8 Å². The molecule has 1 aromatic heterocycles. The second-order valence-electron chi connectivity index (χ2n) is 2.58. The molecule has 0 aliphatic rings. The fourth-order valence-corrected chi connectivity index (χ4v) is 1.31. The summed E-state index contributed by atoms with van der Waals surface area (Å²) >= 11 is 0. The lowest BCUT2D eigenvalue weighted by atomic mass is 10.0. The van der Waals surface area contributed by atoms with Crippen molar-refractivity contribution in [2.24, 2.45) is 0 Å². The van der Waals surface area contributed by atoms with Crippen LogP contribution in [0.3, 0.4) is 0 Å². The van der Waals surface area contributed by atoms with Gasteiger partial charge in [-0.25, -0.2) is 0 Å². The molecular weight excluding hydrogens is 146 g/mol. The zero-order valence-electron chi connectivity index (χ0n) is 7.52. The summed E-state index contributed by atoms with van der Waals surface area (Å²) in [6, 6.07) is 2.02. The summed E-state index contributed by atoms with van der Waals surface area (Å²) < 4.78 is 0. The molecule has 1 heterocycles. The van der Waals surface area contributed by atoms with Crippen molar-refractivity contribution < 1.29 is 0 Å². The van der Waals surface area contributed by atoms with Crippen LogP contribution in [0.2, 0.25) is 0 Å². The normalized spacial score (nSPS) is 11.2. The van der Waals surface area contributed by atoms with E-state index in [1.807, 2.05) is 19.2 Å². The molecule has 0 spiro atoms. The van der Waals surface area contributed by atoms with Crippen molar-refractivity contribution in [2.45, 2.75) is 20.3 Å². The van der Waals surface area contributed by atoms with Crippen LogP contribution < -0.4 is 0 Å². The molecule has 0 aliphatic carbocycles. The number of terminal acetylenes is 1. The van der Waals surface area contributed by atoms with Gasteiger partial charge in [0, 0.05) is 11.8 Å². The van der Waals surface area contributed by atoms with Crippen molar-refractivity contribution in [1.82, 2.24) is 4.98 Å². The van der Waals surface area contributed by atoms with Gasteiger partial charge in [0.25, 0.3) is 0 Å². The predicted octanol–water partition coefficient (Wildman–Crippen LogP) is 2.81. The Morgan fingerprint density at radius 1 is 1.75 bits per heavy atom. The second kappa shape index (κ2) is 3.82. The van der Waals surface area contributed by atoms with Gasteiger partial charge in [0.2, 0.25) is 0 Å². The Kier molecular flexibility index (Phi) is 2.76. The minimum atomic E-state index is 0.880. The quantitative estimate of drug-likeness (QED) is 0.639. The van der Waals surface area contributed by atoms with Crippen molar-refractivity contribution in [3.63, 3.8) is 0 Å². The van der Waals surface area contributed by atoms with E-state index in [2.05, 4.69) is 23.9 Å². The summed E-state index contributed by atoms with van der Waals surface area (Å²) in [6.07, 6.45) is 10.3. The largest absolute Gasteiger partial charge is 0.354 e. The van der Waals surface area contributed by atoms with E-state index in [1.54, 1.807) is 0 Å². The molecule has 0 amide bonds. The number of hydrogen-bond acceptors (Lipinski definition) is 0. The van der Waals surface area contributed by atoms with Gasteiger partial charge in [-0.1, -0.05) is 18.9 Å². The average Bonchev–Trinajstić information content (AvgIpc) is 2.55. The highest BCUT2D eigenvalue weighted by atomic mass is 14.7. The number of aromatic nitrogens is 1. The molecule has 0 radical (unpaired) electrons. The van der Waals surface area contributed by atoms with Crippen LogP contribution in [0, 0.1) is 12.3 Å². The first kappa shape index (κ1) is 8.67. The summed E-state index contributed by atoms with van der Waals surface area (Å²) in [5, 5.41) is 0. The van der Waals surface area contributed by atoms with Crippen molar-refractivity contribution >= 4 is 5.57 Å². The van der Waals surface area contributed by atoms with Crippen LogP contribution in [-0.4, -0.2) is 4.98 Å². The maximum atomic E-state index is 5.33. The third kappa shape index (κ3) is 1.43. The summed E-state index contributed by atoms with van der Waals surface area (Å²) in [5.74, 6) is 2.63. The molecule has 62 valence electrons. The molecular formula is C11H13N. The molecule has 12 heavy (non-hydrogen) atoms. The molecule has 0 saturated carbocycles. The van der Waals surface area contributed by atoms with E-state index >= 15 is 0 Å². The SMILES string of the molecule is C#Cc1[nH]ccc1/C(=C\C)CC. The Morgan fingerprint density at radius 3 is 3.00 bits per heavy atom. The Hall–Kier alpha value is -1.42. The van der Waals surface area contributed by atoms with Gasteiger partial charge in [-0.2, -0.15) is 0 Å². The lowest BCUT2D eigenvalue weighted by molar-refractivity contribution is 1.23. The van der Waals surface area contributed by atoms with Gasteiger partial charge in [-0.3, -0.25) is 0 Å². The smallest absolute Gasteiger partial charge is 0.0966 e. The zero-order chi connectivity index (χ0) is 8.97. The molecule has 0 aromatic carbocycles. The molecule has 0 saturated heterocycles. The van der Waals surface area contributed by atoms with Crippen molar-refractivity contribution in [2.75, 3.05) is 0 Å². The van der Waals surface area contributed by atoms with Crippen LogP contribution in [0.15, 0.2) is 18.3 Å². The molecule has 1 N–H and O–H groups in total. The predicted molar refractivity (Wildman–Crippen MR) is 52.7 cm³/mol. The molecule has 1 aromatic rings. The maximum Gasteiger partial charge on any atom is 0.0966 e. The van der Waals surface area contributed by atoms with E-state index in [1.165, 1.54) is 5.57 Å². The number of allylic oxidation sites excluding steroid dienone is 2. The summed E-state index contributed by atoms with van der Waals surface area (Å²) in [6.45, 7) is 4.16. The third-order valence-electron chi connectivity index (χ3n) is 1.97. The van der Waals surface area contributed by atoms with Gasteiger partial charge in [0.05, 0.1) is 5.69 Å². The Bertz CT molecular complexity index is 323. The number of rotatable bonds is 2. The van der Waals surface area contributed by atoms with Crippen LogP contribution >= 0.6 is 0 Å². The Balaban J connectivity index is 3.11. The van der Waals surface area contributed by atoms with Crippen LogP contribution in [0.4, 0.5) is 0 Å². The van der Waals surface area contributed by atoms with E-state index in [4.69, 9.17) is 6.42 Å². The van der Waals surface area contributed by atoms with Gasteiger partial charge < -0.3 is 4.98 Å². The standard InChI is InChI=1S/C11H13N/c1-4-9(5-2)10-7-8-12-11(10)6-3/h3-4,7-8,12H,5H2,1-2H3/b9-4-. The molecule has 1 nitrogen and oxygen atoms in total. The van der Waals surface area contributed by atoms with E-state index in [-0.39, 0.29) is 0 Å². The fourth-order valence-electron chi connectivity index (χ4n) is 1.31. The minimum Gasteiger partial charge on any atom is -0.354 e. The van der Waals surface area contributed by atoms with Crippen molar-refractivity contribution in [1.29, 1.82) is 0 Å². The second-order valence-corrected chi connectivity index (χ2v) is 2.58. The summed E-state index contributed by atoms with van der Waals surface area (Å²) in [7, 11) is 0. The van der Waals surface area contributed by atoms with E-state index in [0.29, 0.717) is 0 Å². The first-order chi connectivity index (χ1) is 5.83. The summed E-state index contributed by atoms with van der Waals surface area (Å²) in [5.41, 5.74) is 3.33. The Labute approximate surface area is 73.5 Å². The van der Waals surface area contributed by atoms with Gasteiger partial charge in [0.1, 0.15) is 0 Å². The van der Waals surface area contributed by atoms with Crippen LogP contribution in [0.5, 0.6) is 0 Å². The molecule has 0 aliphatic heterocycles. The molecule has 0 fully saturated rings. The molecule has 0 unspecified atom stereocenters. The first-order valence-corrected chi connectivity index (χ1v) is 4.13. The Morgan fingerprint density at radius 2 is 2.50 bits per heavy atom. The molecule has 0 atom stereocenters. The van der Waals surface area contributed by atoms with Gasteiger partial charge >= 0.3 is 0 Å². The van der Waals surface area contributed by atoms with Crippen LogP contribution in [0.1, 0.15) is 31.5 Å². The average molecular weight is 159 g/mol. The third-order valence-corrected chi connectivity index (χ3v) is 1.97. The fraction of sp³-hybridized carbons (Fsp3) is 0.273. The zero-order valence-corrected chi connectivity index (χ0v) is 7.52. The van der Waals surface area contributed by atoms with E-state index in [9.17, 15) is 0 Å². The first-order valence-electron chi connectivity index (χ1n) is 4.13.